The third-order valence-electron chi connectivity index (χ3n) is 3.78. The van der Waals surface area contributed by atoms with Gasteiger partial charge in [-0.2, -0.15) is 0 Å². The first-order chi connectivity index (χ1) is 7.79. The van der Waals surface area contributed by atoms with Crippen LogP contribution in [0.3, 0.4) is 0 Å². The summed E-state index contributed by atoms with van der Waals surface area (Å²) in [6.45, 7) is 8.29. The average molecular weight is 241 g/mol. The Morgan fingerprint density at radius 1 is 1.29 bits per heavy atom. The van der Waals surface area contributed by atoms with Gasteiger partial charge in [0.15, 0.2) is 0 Å². The molecule has 100 valence electrons. The van der Waals surface area contributed by atoms with Gasteiger partial charge in [0, 0.05) is 12.5 Å². The summed E-state index contributed by atoms with van der Waals surface area (Å²) in [4.78, 5) is 11.9. The van der Waals surface area contributed by atoms with E-state index in [0.717, 1.165) is 37.5 Å². The molecule has 0 heterocycles. The van der Waals surface area contributed by atoms with Crippen LogP contribution in [0.5, 0.6) is 0 Å². The van der Waals surface area contributed by atoms with Crippen molar-refractivity contribution in [1.82, 2.24) is 5.32 Å². The second-order valence-electron chi connectivity index (χ2n) is 6.39. The standard InChI is InChI=1S/C14H27NO2/c1-10(2)11-5-7-12(8-6-11)13(16)15-9-14(3,4)17/h10-12,17H,5-9H2,1-4H3,(H,15,16)/t11-,12+. The van der Waals surface area contributed by atoms with Crippen molar-refractivity contribution in [3.05, 3.63) is 0 Å². The zero-order chi connectivity index (χ0) is 13.1. The Morgan fingerprint density at radius 2 is 1.82 bits per heavy atom. The van der Waals surface area contributed by atoms with E-state index in [1.54, 1.807) is 13.8 Å². The Bertz CT molecular complexity index is 247. The van der Waals surface area contributed by atoms with Crippen LogP contribution in [-0.4, -0.2) is 23.2 Å². The minimum Gasteiger partial charge on any atom is -0.389 e. The SMILES string of the molecule is CC(C)[C@H]1CC[C@@H](C(=O)NCC(C)(C)O)CC1. The van der Waals surface area contributed by atoms with Gasteiger partial charge < -0.3 is 10.4 Å². The van der Waals surface area contributed by atoms with Crippen molar-refractivity contribution >= 4 is 5.91 Å². The van der Waals surface area contributed by atoms with E-state index >= 15 is 0 Å². The molecule has 0 aromatic heterocycles. The summed E-state index contributed by atoms with van der Waals surface area (Å²) in [5.74, 6) is 1.80. The maximum Gasteiger partial charge on any atom is 0.223 e. The number of amides is 1. The Hall–Kier alpha value is -0.570. The molecule has 0 aromatic carbocycles. The molecule has 1 rings (SSSR count). The van der Waals surface area contributed by atoms with Gasteiger partial charge in [0.1, 0.15) is 0 Å². The molecule has 0 saturated heterocycles. The van der Waals surface area contributed by atoms with Crippen LogP contribution in [0.4, 0.5) is 0 Å². The Balaban J connectivity index is 2.31. The lowest BCUT2D eigenvalue weighted by atomic mass is 9.76. The molecule has 1 fully saturated rings. The van der Waals surface area contributed by atoms with Gasteiger partial charge in [0.05, 0.1) is 5.60 Å². The fourth-order valence-corrected chi connectivity index (χ4v) is 2.50. The molecular weight excluding hydrogens is 214 g/mol. The van der Waals surface area contributed by atoms with Crippen LogP contribution in [0.25, 0.3) is 0 Å². The highest BCUT2D eigenvalue weighted by molar-refractivity contribution is 5.78. The van der Waals surface area contributed by atoms with E-state index in [-0.39, 0.29) is 11.8 Å². The van der Waals surface area contributed by atoms with Crippen molar-refractivity contribution in [2.45, 2.75) is 59.0 Å². The molecule has 1 saturated carbocycles. The number of hydrogen-bond acceptors (Lipinski definition) is 2. The predicted molar refractivity (Wildman–Crippen MR) is 69.6 cm³/mol. The summed E-state index contributed by atoms with van der Waals surface area (Å²) in [6, 6.07) is 0. The second-order valence-corrected chi connectivity index (χ2v) is 6.39. The molecule has 0 radical (unpaired) electrons. The summed E-state index contributed by atoms with van der Waals surface area (Å²) >= 11 is 0. The maximum atomic E-state index is 11.9. The number of nitrogens with one attached hydrogen (secondary N) is 1. The molecule has 1 aliphatic carbocycles. The van der Waals surface area contributed by atoms with E-state index in [1.807, 2.05) is 0 Å². The number of rotatable bonds is 4. The zero-order valence-corrected chi connectivity index (χ0v) is 11.6. The predicted octanol–water partition coefficient (Wildman–Crippen LogP) is 2.34. The minimum atomic E-state index is -0.815. The van der Waals surface area contributed by atoms with Crippen LogP contribution in [0, 0.1) is 17.8 Å². The van der Waals surface area contributed by atoms with E-state index in [4.69, 9.17) is 0 Å². The van der Waals surface area contributed by atoms with Gasteiger partial charge in [0.2, 0.25) is 5.91 Å². The summed E-state index contributed by atoms with van der Waals surface area (Å²) in [7, 11) is 0. The van der Waals surface area contributed by atoms with Crippen LogP contribution >= 0.6 is 0 Å². The summed E-state index contributed by atoms with van der Waals surface area (Å²) in [5, 5.41) is 12.4. The van der Waals surface area contributed by atoms with E-state index in [9.17, 15) is 9.90 Å². The normalized spacial score (nSPS) is 26.0. The van der Waals surface area contributed by atoms with E-state index in [2.05, 4.69) is 19.2 Å². The Morgan fingerprint density at radius 3 is 2.24 bits per heavy atom. The molecule has 2 N–H and O–H groups in total. The highest BCUT2D eigenvalue weighted by atomic mass is 16.3. The lowest BCUT2D eigenvalue weighted by Crippen LogP contribution is -2.41. The van der Waals surface area contributed by atoms with Gasteiger partial charge in [-0.05, 0) is 51.4 Å². The molecule has 0 unspecified atom stereocenters. The number of carbonyl (C=O) groups is 1. The molecule has 0 atom stereocenters. The van der Waals surface area contributed by atoms with Crippen LogP contribution in [0.15, 0.2) is 0 Å². The highest BCUT2D eigenvalue weighted by Gasteiger charge is 2.28. The minimum absolute atomic E-state index is 0.120. The quantitative estimate of drug-likeness (QED) is 0.793. The van der Waals surface area contributed by atoms with Gasteiger partial charge in [-0.25, -0.2) is 0 Å². The van der Waals surface area contributed by atoms with Crippen molar-refractivity contribution in [1.29, 1.82) is 0 Å². The zero-order valence-electron chi connectivity index (χ0n) is 11.6. The highest BCUT2D eigenvalue weighted by Crippen LogP contribution is 2.33. The molecule has 17 heavy (non-hydrogen) atoms. The van der Waals surface area contributed by atoms with Gasteiger partial charge in [-0.1, -0.05) is 13.8 Å². The lowest BCUT2D eigenvalue weighted by molar-refractivity contribution is -0.127. The first kappa shape index (κ1) is 14.5. The molecule has 0 spiro atoms. The Kier molecular flexibility index (Phi) is 4.99. The fraction of sp³-hybridized carbons (Fsp3) is 0.929. The van der Waals surface area contributed by atoms with E-state index in [1.165, 1.54) is 0 Å². The first-order valence-electron chi connectivity index (χ1n) is 6.79. The van der Waals surface area contributed by atoms with Gasteiger partial charge in [-0.15, -0.1) is 0 Å². The first-order valence-corrected chi connectivity index (χ1v) is 6.79. The molecule has 0 aromatic rings. The smallest absolute Gasteiger partial charge is 0.223 e. The second kappa shape index (κ2) is 5.85. The van der Waals surface area contributed by atoms with Gasteiger partial charge >= 0.3 is 0 Å². The largest absolute Gasteiger partial charge is 0.389 e. The maximum absolute atomic E-state index is 11.9. The van der Waals surface area contributed by atoms with Crippen molar-refractivity contribution in [3.63, 3.8) is 0 Å². The van der Waals surface area contributed by atoms with Crippen molar-refractivity contribution in [2.75, 3.05) is 6.54 Å². The summed E-state index contributed by atoms with van der Waals surface area (Å²) in [5.41, 5.74) is -0.815. The van der Waals surface area contributed by atoms with Crippen molar-refractivity contribution in [3.8, 4) is 0 Å². The molecule has 1 aliphatic rings. The number of aliphatic hydroxyl groups is 1. The van der Waals surface area contributed by atoms with E-state index in [0.29, 0.717) is 6.54 Å². The average Bonchev–Trinajstić information content (AvgIpc) is 2.25. The summed E-state index contributed by atoms with van der Waals surface area (Å²) < 4.78 is 0. The molecule has 3 nitrogen and oxygen atoms in total. The number of hydrogen-bond donors (Lipinski definition) is 2. The van der Waals surface area contributed by atoms with Gasteiger partial charge in [0.25, 0.3) is 0 Å². The topological polar surface area (TPSA) is 49.3 Å². The fourth-order valence-electron chi connectivity index (χ4n) is 2.50. The molecule has 0 aliphatic heterocycles. The molecule has 0 bridgehead atoms. The van der Waals surface area contributed by atoms with Crippen LogP contribution < -0.4 is 5.32 Å². The molecular formula is C14H27NO2. The van der Waals surface area contributed by atoms with Crippen LogP contribution in [0.1, 0.15) is 53.4 Å². The summed E-state index contributed by atoms with van der Waals surface area (Å²) in [6.07, 6.45) is 4.33. The molecule has 1 amide bonds. The lowest BCUT2D eigenvalue weighted by Gasteiger charge is -2.30. The van der Waals surface area contributed by atoms with Crippen molar-refractivity contribution < 1.29 is 9.90 Å². The monoisotopic (exact) mass is 241 g/mol. The van der Waals surface area contributed by atoms with Crippen LogP contribution in [-0.2, 0) is 4.79 Å². The van der Waals surface area contributed by atoms with Crippen molar-refractivity contribution in [2.24, 2.45) is 17.8 Å². The van der Waals surface area contributed by atoms with Gasteiger partial charge in [-0.3, -0.25) is 4.79 Å². The third-order valence-corrected chi connectivity index (χ3v) is 3.78. The molecule has 3 heteroatoms. The third kappa shape index (κ3) is 5.07. The number of carbonyl (C=O) groups excluding carboxylic acids is 1. The van der Waals surface area contributed by atoms with E-state index < -0.39 is 5.60 Å². The van der Waals surface area contributed by atoms with Crippen LogP contribution in [0.2, 0.25) is 0 Å². The Labute approximate surface area is 105 Å².